The molecule has 0 spiro atoms. The monoisotopic (exact) mass is 218 g/mol. The first-order valence-corrected chi connectivity index (χ1v) is 5.13. The van der Waals surface area contributed by atoms with Crippen LogP contribution in [0.15, 0.2) is 0 Å². The summed E-state index contributed by atoms with van der Waals surface area (Å²) in [7, 11) is 0. The lowest BCUT2D eigenvalue weighted by Gasteiger charge is -2.39. The van der Waals surface area contributed by atoms with E-state index in [-0.39, 0.29) is 17.9 Å². The summed E-state index contributed by atoms with van der Waals surface area (Å²) in [6.45, 7) is 4.40. The number of carbonyl (C=O) groups is 2. The molecule has 0 aliphatic carbocycles. The van der Waals surface area contributed by atoms with Crippen LogP contribution in [0.3, 0.4) is 0 Å². The molecule has 0 bridgehead atoms. The van der Waals surface area contributed by atoms with Gasteiger partial charge in [-0.3, -0.25) is 9.59 Å². The van der Waals surface area contributed by atoms with Gasteiger partial charge in [0.15, 0.2) is 0 Å². The second-order valence-electron chi connectivity index (χ2n) is 3.40. The molecule has 4 heteroatoms. The fraction of sp³-hybridized carbons (Fsp3) is 0.500. The van der Waals surface area contributed by atoms with Crippen LogP contribution in [-0.4, -0.2) is 35.8 Å². The second kappa shape index (κ2) is 5.82. The van der Waals surface area contributed by atoms with Gasteiger partial charge in [-0.1, -0.05) is 11.8 Å². The third-order valence-electron chi connectivity index (χ3n) is 2.37. The summed E-state index contributed by atoms with van der Waals surface area (Å²) >= 11 is 0. The third-order valence-corrected chi connectivity index (χ3v) is 2.37. The predicted molar refractivity (Wildman–Crippen MR) is 60.0 cm³/mol. The summed E-state index contributed by atoms with van der Waals surface area (Å²) < 4.78 is 0. The van der Waals surface area contributed by atoms with Crippen LogP contribution < -0.4 is 5.32 Å². The van der Waals surface area contributed by atoms with Gasteiger partial charge in [-0.2, -0.15) is 0 Å². The van der Waals surface area contributed by atoms with Gasteiger partial charge in [-0.25, -0.2) is 0 Å². The van der Waals surface area contributed by atoms with Crippen LogP contribution in [-0.2, 0) is 9.59 Å². The molecule has 0 aromatic heterocycles. The van der Waals surface area contributed by atoms with Crippen molar-refractivity contribution in [2.45, 2.75) is 26.3 Å². The van der Waals surface area contributed by atoms with Crippen LogP contribution >= 0.6 is 0 Å². The summed E-state index contributed by atoms with van der Waals surface area (Å²) in [5, 5.41) is 2.66. The van der Waals surface area contributed by atoms with Crippen LogP contribution in [0.25, 0.3) is 0 Å². The van der Waals surface area contributed by atoms with Crippen molar-refractivity contribution in [3.63, 3.8) is 0 Å². The van der Waals surface area contributed by atoms with Crippen LogP contribution in [0, 0.1) is 23.7 Å². The highest BCUT2D eigenvalue weighted by molar-refractivity contribution is 5.95. The summed E-state index contributed by atoms with van der Waals surface area (Å²) in [4.78, 5) is 24.2. The number of hydrogen-bond donors (Lipinski definition) is 1. The molecule has 0 aromatic carbocycles. The van der Waals surface area contributed by atoms with E-state index in [9.17, 15) is 9.59 Å². The molecule has 1 atom stereocenters. The van der Waals surface area contributed by atoms with Gasteiger partial charge in [0.1, 0.15) is 0 Å². The fourth-order valence-corrected chi connectivity index (χ4v) is 1.47. The van der Waals surface area contributed by atoms with Crippen molar-refractivity contribution >= 4 is 11.8 Å². The average Bonchev–Trinajstić information content (AvgIpc) is 2.16. The predicted octanol–water partition coefficient (Wildman–Crippen LogP) is -0.250. The number of hydrogen-bond acceptors (Lipinski definition) is 2. The first-order valence-electron chi connectivity index (χ1n) is 5.13. The molecule has 1 unspecified atom stereocenters. The summed E-state index contributed by atoms with van der Waals surface area (Å²) in [6, 6.07) is 0.0657. The molecule has 2 amide bonds. The largest absolute Gasteiger partial charge is 0.343 e. The quantitative estimate of drug-likeness (QED) is 0.650. The highest BCUT2D eigenvalue weighted by Gasteiger charge is 2.31. The lowest BCUT2D eigenvalue weighted by Crippen LogP contribution is -2.55. The van der Waals surface area contributed by atoms with Gasteiger partial charge in [0.25, 0.3) is 11.8 Å². The second-order valence-corrected chi connectivity index (χ2v) is 3.40. The van der Waals surface area contributed by atoms with Crippen molar-refractivity contribution in [3.05, 3.63) is 0 Å². The van der Waals surface area contributed by atoms with E-state index in [1.54, 1.807) is 18.7 Å². The minimum Gasteiger partial charge on any atom is -0.343 e. The normalized spacial score (nSPS) is 17.1. The zero-order chi connectivity index (χ0) is 12.0. The van der Waals surface area contributed by atoms with Gasteiger partial charge in [-0.15, -0.1) is 0 Å². The van der Waals surface area contributed by atoms with E-state index in [1.807, 2.05) is 0 Å². The topological polar surface area (TPSA) is 49.4 Å². The number of carbonyl (C=O) groups excluding carboxylic acids is 2. The molecule has 1 saturated heterocycles. The molecule has 0 radical (unpaired) electrons. The van der Waals surface area contributed by atoms with Gasteiger partial charge < -0.3 is 10.2 Å². The van der Waals surface area contributed by atoms with E-state index in [4.69, 9.17) is 0 Å². The molecular weight excluding hydrogens is 204 g/mol. The van der Waals surface area contributed by atoms with Gasteiger partial charge in [0.05, 0.1) is 6.04 Å². The number of nitrogens with one attached hydrogen (secondary N) is 1. The summed E-state index contributed by atoms with van der Waals surface area (Å²) in [5.74, 6) is 9.49. The van der Waals surface area contributed by atoms with E-state index >= 15 is 0 Å². The number of amides is 2. The smallest absolute Gasteiger partial charge is 0.298 e. The zero-order valence-corrected chi connectivity index (χ0v) is 9.46. The Balaban J connectivity index is 2.38. The van der Waals surface area contributed by atoms with Gasteiger partial charge >= 0.3 is 0 Å². The number of likely N-dealkylation sites (tertiary alicyclic amines) is 1. The standard InChI is InChI=1S/C12H14N2O2/c1-3-5-11(15)13-9-10-7-8-14(10)12(16)6-4-2/h10H,7-9H2,1-2H3,(H,13,15). The zero-order valence-electron chi connectivity index (χ0n) is 9.46. The molecule has 1 heterocycles. The number of rotatable bonds is 2. The van der Waals surface area contributed by atoms with Crippen LogP contribution in [0.5, 0.6) is 0 Å². The first-order chi connectivity index (χ1) is 7.69. The van der Waals surface area contributed by atoms with E-state index < -0.39 is 0 Å². The van der Waals surface area contributed by atoms with E-state index in [0.29, 0.717) is 13.1 Å². The number of nitrogens with zero attached hydrogens (tertiary/aromatic N) is 1. The fourth-order valence-electron chi connectivity index (χ4n) is 1.47. The Morgan fingerprint density at radius 3 is 2.50 bits per heavy atom. The minimum atomic E-state index is -0.302. The van der Waals surface area contributed by atoms with E-state index in [0.717, 1.165) is 6.42 Å². The van der Waals surface area contributed by atoms with Gasteiger partial charge in [-0.05, 0) is 32.1 Å². The van der Waals surface area contributed by atoms with Crippen LogP contribution in [0.4, 0.5) is 0 Å². The Morgan fingerprint density at radius 2 is 2.00 bits per heavy atom. The third kappa shape index (κ3) is 3.03. The molecule has 84 valence electrons. The molecule has 1 fully saturated rings. The lowest BCUT2D eigenvalue weighted by molar-refractivity contribution is -0.133. The lowest BCUT2D eigenvalue weighted by atomic mass is 10.0. The first kappa shape index (κ1) is 12.1. The van der Waals surface area contributed by atoms with Crippen molar-refractivity contribution in [3.8, 4) is 23.7 Å². The molecule has 1 N–H and O–H groups in total. The molecule has 16 heavy (non-hydrogen) atoms. The summed E-state index contributed by atoms with van der Waals surface area (Å²) in [6.07, 6.45) is 0.900. The molecule has 0 saturated carbocycles. The van der Waals surface area contributed by atoms with Crippen molar-refractivity contribution in [1.29, 1.82) is 0 Å². The van der Waals surface area contributed by atoms with E-state index in [2.05, 4.69) is 29.0 Å². The van der Waals surface area contributed by atoms with Crippen molar-refractivity contribution < 1.29 is 9.59 Å². The minimum absolute atomic E-state index is 0.0657. The molecule has 4 nitrogen and oxygen atoms in total. The molecule has 0 aromatic rings. The Kier molecular flexibility index (Phi) is 4.42. The maximum absolute atomic E-state index is 11.4. The highest BCUT2D eigenvalue weighted by atomic mass is 16.2. The molecule has 1 rings (SSSR count). The van der Waals surface area contributed by atoms with Gasteiger partial charge in [0.2, 0.25) is 0 Å². The Labute approximate surface area is 95.4 Å². The maximum Gasteiger partial charge on any atom is 0.298 e. The van der Waals surface area contributed by atoms with Gasteiger partial charge in [0, 0.05) is 13.1 Å². The van der Waals surface area contributed by atoms with Crippen molar-refractivity contribution in [1.82, 2.24) is 10.2 Å². The highest BCUT2D eigenvalue weighted by Crippen LogP contribution is 2.16. The van der Waals surface area contributed by atoms with E-state index in [1.165, 1.54) is 0 Å². The molecular formula is C12H14N2O2. The average molecular weight is 218 g/mol. The van der Waals surface area contributed by atoms with Crippen LogP contribution in [0.1, 0.15) is 20.3 Å². The molecule has 1 aliphatic heterocycles. The van der Waals surface area contributed by atoms with Crippen LogP contribution in [0.2, 0.25) is 0 Å². The SMILES string of the molecule is CC#CC(=O)NCC1CCN1C(=O)C#CC. The Hall–Kier alpha value is -1.94. The summed E-state index contributed by atoms with van der Waals surface area (Å²) in [5.41, 5.74) is 0. The van der Waals surface area contributed by atoms with Crippen molar-refractivity contribution in [2.75, 3.05) is 13.1 Å². The van der Waals surface area contributed by atoms with Crippen molar-refractivity contribution in [2.24, 2.45) is 0 Å². The Morgan fingerprint density at radius 1 is 1.31 bits per heavy atom. The molecule has 1 aliphatic rings. The Bertz CT molecular complexity index is 406. The maximum atomic E-state index is 11.4.